The van der Waals surface area contributed by atoms with E-state index < -0.39 is 5.97 Å². The van der Waals surface area contributed by atoms with Crippen LogP contribution in [0.15, 0.2) is 28.7 Å². The van der Waals surface area contributed by atoms with Gasteiger partial charge in [0.15, 0.2) is 0 Å². The second-order valence-electron chi connectivity index (χ2n) is 7.94. The number of hydrogen-bond acceptors (Lipinski definition) is 4. The first-order valence-electron chi connectivity index (χ1n) is 10.2. The first kappa shape index (κ1) is 18.8. The Morgan fingerprint density at radius 2 is 1.93 bits per heavy atom. The lowest BCUT2D eigenvalue weighted by molar-refractivity contribution is -0.919. The average molecular weight is 382 g/mol. The van der Waals surface area contributed by atoms with Crippen molar-refractivity contribution in [2.75, 3.05) is 19.7 Å². The van der Waals surface area contributed by atoms with Crippen LogP contribution >= 0.6 is 0 Å². The molecule has 148 valence electrons. The number of hydrogen-bond donors (Lipinski definition) is 2. The molecule has 1 aliphatic heterocycles. The molecule has 0 unspecified atom stereocenters. The summed E-state index contributed by atoms with van der Waals surface area (Å²) in [7, 11) is 0. The molecule has 5 heteroatoms. The standard InChI is InChI=1S/C23H27NO4/c1-4-27-23(26)19-15(3)28-22-17-8-6-5-7-16(17)21(25)18(20(19)22)13-24-11-9-14(2)10-12-24/h5-8,14,25H,4,9-13H2,1-3H3/p+1. The third-order valence-corrected chi connectivity index (χ3v) is 5.99. The highest BCUT2D eigenvalue weighted by Crippen LogP contribution is 2.41. The minimum Gasteiger partial charge on any atom is -0.507 e. The van der Waals surface area contributed by atoms with Crippen LogP contribution in [0.5, 0.6) is 5.75 Å². The smallest absolute Gasteiger partial charge is 0.342 e. The van der Waals surface area contributed by atoms with Crippen molar-refractivity contribution in [3.63, 3.8) is 0 Å². The molecule has 0 aliphatic carbocycles. The number of esters is 1. The van der Waals surface area contributed by atoms with Gasteiger partial charge in [-0.05, 0) is 32.6 Å². The maximum atomic E-state index is 12.7. The first-order valence-corrected chi connectivity index (χ1v) is 10.2. The van der Waals surface area contributed by atoms with Gasteiger partial charge in [-0.3, -0.25) is 0 Å². The fraction of sp³-hybridized carbons (Fsp3) is 0.435. The van der Waals surface area contributed by atoms with Gasteiger partial charge in [0.2, 0.25) is 0 Å². The molecule has 1 fully saturated rings. The van der Waals surface area contributed by atoms with E-state index >= 15 is 0 Å². The highest BCUT2D eigenvalue weighted by Gasteiger charge is 2.29. The quantitative estimate of drug-likeness (QED) is 0.677. The lowest BCUT2D eigenvalue weighted by Crippen LogP contribution is -3.11. The van der Waals surface area contributed by atoms with E-state index in [2.05, 4.69) is 6.92 Å². The third kappa shape index (κ3) is 3.14. The van der Waals surface area contributed by atoms with Crippen molar-refractivity contribution in [2.24, 2.45) is 5.92 Å². The largest absolute Gasteiger partial charge is 0.507 e. The molecular formula is C23H28NO4+. The summed E-state index contributed by atoms with van der Waals surface area (Å²) >= 11 is 0. The Morgan fingerprint density at radius 1 is 1.25 bits per heavy atom. The third-order valence-electron chi connectivity index (χ3n) is 5.99. The van der Waals surface area contributed by atoms with Crippen molar-refractivity contribution in [1.29, 1.82) is 0 Å². The maximum Gasteiger partial charge on any atom is 0.342 e. The lowest BCUT2D eigenvalue weighted by Gasteiger charge is -2.28. The molecule has 1 aliphatic rings. The zero-order valence-electron chi connectivity index (χ0n) is 16.8. The predicted octanol–water partition coefficient (Wildman–Crippen LogP) is 3.59. The number of fused-ring (bicyclic) bond motifs is 3. The van der Waals surface area contributed by atoms with Crippen molar-refractivity contribution in [2.45, 2.75) is 40.2 Å². The second kappa shape index (κ2) is 7.47. The maximum absolute atomic E-state index is 12.7. The van der Waals surface area contributed by atoms with Crippen LogP contribution in [0.25, 0.3) is 21.7 Å². The van der Waals surface area contributed by atoms with E-state index in [1.807, 2.05) is 24.3 Å². The molecule has 3 aromatic rings. The van der Waals surface area contributed by atoms with Gasteiger partial charge in [0, 0.05) is 16.2 Å². The van der Waals surface area contributed by atoms with Crippen LogP contribution in [0.4, 0.5) is 0 Å². The molecule has 2 N–H and O–H groups in total. The van der Waals surface area contributed by atoms with E-state index in [0.717, 1.165) is 35.3 Å². The zero-order chi connectivity index (χ0) is 19.8. The normalized spacial score (nSPS) is 20.0. The van der Waals surface area contributed by atoms with Gasteiger partial charge in [-0.15, -0.1) is 0 Å². The number of benzene rings is 2. The van der Waals surface area contributed by atoms with Crippen molar-refractivity contribution in [3.8, 4) is 5.75 Å². The van der Waals surface area contributed by atoms with Gasteiger partial charge in [0.05, 0.1) is 25.3 Å². The zero-order valence-corrected chi connectivity index (χ0v) is 16.8. The summed E-state index contributed by atoms with van der Waals surface area (Å²) in [4.78, 5) is 14.1. The number of ether oxygens (including phenoxy) is 1. The minimum atomic E-state index is -0.392. The molecule has 2 heterocycles. The van der Waals surface area contributed by atoms with Crippen molar-refractivity contribution in [3.05, 3.63) is 41.2 Å². The summed E-state index contributed by atoms with van der Waals surface area (Å²) in [5.41, 5.74) is 1.89. The van der Waals surface area contributed by atoms with E-state index in [1.54, 1.807) is 13.8 Å². The van der Waals surface area contributed by atoms with Gasteiger partial charge in [-0.1, -0.05) is 31.2 Å². The Bertz CT molecular complexity index is 1030. The summed E-state index contributed by atoms with van der Waals surface area (Å²) in [5, 5.41) is 13.5. The summed E-state index contributed by atoms with van der Waals surface area (Å²) < 4.78 is 11.4. The molecule has 0 bridgehead atoms. The van der Waals surface area contributed by atoms with Gasteiger partial charge >= 0.3 is 5.97 Å². The monoisotopic (exact) mass is 382 g/mol. The van der Waals surface area contributed by atoms with Gasteiger partial charge in [0.1, 0.15) is 29.2 Å². The summed E-state index contributed by atoms with van der Waals surface area (Å²) in [6.45, 7) is 8.99. The highest BCUT2D eigenvalue weighted by molar-refractivity contribution is 6.16. The number of furan rings is 1. The van der Waals surface area contributed by atoms with E-state index in [9.17, 15) is 9.90 Å². The molecule has 28 heavy (non-hydrogen) atoms. The molecule has 0 saturated carbocycles. The van der Waals surface area contributed by atoms with Crippen LogP contribution in [-0.4, -0.2) is 30.8 Å². The number of phenols is 1. The molecule has 0 amide bonds. The number of nitrogens with one attached hydrogen (secondary N) is 1. The minimum absolute atomic E-state index is 0.251. The topological polar surface area (TPSA) is 64.1 Å². The lowest BCUT2D eigenvalue weighted by atomic mass is 9.95. The number of quaternary nitrogens is 1. The first-order chi connectivity index (χ1) is 13.5. The van der Waals surface area contributed by atoms with Gasteiger partial charge < -0.3 is 19.2 Å². The number of likely N-dealkylation sites (tertiary alicyclic amines) is 1. The Labute approximate surface area is 164 Å². The Balaban J connectivity index is 1.94. The average Bonchev–Trinajstić information content (AvgIpc) is 3.04. The molecular weight excluding hydrogens is 354 g/mol. The molecule has 5 nitrogen and oxygen atoms in total. The number of phenolic OH excluding ortho intramolecular Hbond substituents is 1. The molecule has 4 rings (SSSR count). The number of aromatic hydroxyl groups is 1. The van der Waals surface area contributed by atoms with E-state index in [0.29, 0.717) is 35.4 Å². The van der Waals surface area contributed by atoms with Crippen LogP contribution in [0.2, 0.25) is 0 Å². The molecule has 0 radical (unpaired) electrons. The number of aryl methyl sites for hydroxylation is 1. The molecule has 1 aromatic heterocycles. The van der Waals surface area contributed by atoms with Crippen molar-refractivity contribution < 1.29 is 24.0 Å². The van der Waals surface area contributed by atoms with Gasteiger partial charge in [-0.2, -0.15) is 0 Å². The number of carbonyl (C=O) groups excluding carboxylic acids is 1. The van der Waals surface area contributed by atoms with Gasteiger partial charge in [0.25, 0.3) is 0 Å². The van der Waals surface area contributed by atoms with Crippen LogP contribution in [0, 0.1) is 12.8 Å². The molecule has 2 aromatic carbocycles. The summed E-state index contributed by atoms with van der Waals surface area (Å²) in [6.07, 6.45) is 2.37. The predicted molar refractivity (Wildman–Crippen MR) is 109 cm³/mol. The molecule has 1 saturated heterocycles. The van der Waals surface area contributed by atoms with E-state index in [1.165, 1.54) is 17.7 Å². The van der Waals surface area contributed by atoms with E-state index in [-0.39, 0.29) is 5.75 Å². The van der Waals surface area contributed by atoms with Crippen molar-refractivity contribution in [1.82, 2.24) is 0 Å². The highest BCUT2D eigenvalue weighted by atomic mass is 16.5. The van der Waals surface area contributed by atoms with Crippen LogP contribution in [0.3, 0.4) is 0 Å². The second-order valence-corrected chi connectivity index (χ2v) is 7.94. The summed E-state index contributed by atoms with van der Waals surface area (Å²) in [5.74, 6) is 1.14. The Hall–Kier alpha value is -2.53. The Morgan fingerprint density at radius 3 is 2.61 bits per heavy atom. The number of piperidine rings is 1. The number of carbonyl (C=O) groups is 1. The molecule has 0 spiro atoms. The van der Waals surface area contributed by atoms with Crippen LogP contribution < -0.4 is 4.90 Å². The van der Waals surface area contributed by atoms with Gasteiger partial charge in [-0.25, -0.2) is 4.79 Å². The number of rotatable bonds is 4. The SMILES string of the molecule is CCOC(=O)c1c(C)oc2c1c(C[NH+]1CCC(C)CC1)c(O)c1ccccc12. The van der Waals surface area contributed by atoms with E-state index in [4.69, 9.17) is 9.15 Å². The Kier molecular flexibility index (Phi) is 5.02. The van der Waals surface area contributed by atoms with Crippen LogP contribution in [0.1, 0.15) is 48.4 Å². The van der Waals surface area contributed by atoms with Crippen LogP contribution in [-0.2, 0) is 11.3 Å². The van der Waals surface area contributed by atoms with Crippen molar-refractivity contribution >= 4 is 27.7 Å². The summed E-state index contributed by atoms with van der Waals surface area (Å²) in [6, 6.07) is 7.66. The fourth-order valence-corrected chi connectivity index (χ4v) is 4.41. The molecule has 0 atom stereocenters. The fourth-order valence-electron chi connectivity index (χ4n) is 4.41.